The summed E-state index contributed by atoms with van der Waals surface area (Å²) in [6, 6.07) is -0.0273. The van der Waals surface area contributed by atoms with Crippen molar-refractivity contribution in [2.45, 2.75) is 37.2 Å². The van der Waals surface area contributed by atoms with Crippen LogP contribution in [-0.2, 0) is 9.53 Å². The Labute approximate surface area is 107 Å². The summed E-state index contributed by atoms with van der Waals surface area (Å²) >= 11 is 1.99. The van der Waals surface area contributed by atoms with E-state index in [0.717, 1.165) is 38.2 Å². The maximum absolute atomic E-state index is 12.3. The highest BCUT2D eigenvalue weighted by Gasteiger charge is 2.33. The number of ether oxygens (including phenoxy) is 1. The predicted octanol–water partition coefficient (Wildman–Crippen LogP) is 0.717. The summed E-state index contributed by atoms with van der Waals surface area (Å²) in [5, 5.41) is 3.88. The van der Waals surface area contributed by atoms with E-state index in [9.17, 15) is 4.79 Å². The van der Waals surface area contributed by atoms with Crippen LogP contribution in [-0.4, -0.2) is 60.7 Å². The quantitative estimate of drug-likeness (QED) is 0.810. The van der Waals surface area contributed by atoms with Gasteiger partial charge in [-0.2, -0.15) is 11.8 Å². The molecule has 17 heavy (non-hydrogen) atoms. The summed E-state index contributed by atoms with van der Waals surface area (Å²) in [7, 11) is 1.71. The third kappa shape index (κ3) is 3.14. The fourth-order valence-corrected chi connectivity index (χ4v) is 3.64. The molecule has 0 aliphatic carbocycles. The Bertz CT molecular complexity index is 275. The number of nitrogens with zero attached hydrogens (tertiary/aromatic N) is 1. The van der Waals surface area contributed by atoms with Crippen molar-refractivity contribution in [3.63, 3.8) is 0 Å². The van der Waals surface area contributed by atoms with Crippen LogP contribution < -0.4 is 5.32 Å². The Morgan fingerprint density at radius 1 is 1.59 bits per heavy atom. The minimum Gasteiger partial charge on any atom is -0.380 e. The van der Waals surface area contributed by atoms with E-state index in [1.807, 2.05) is 16.7 Å². The molecular weight excluding hydrogens is 236 g/mol. The van der Waals surface area contributed by atoms with Crippen molar-refractivity contribution >= 4 is 17.7 Å². The summed E-state index contributed by atoms with van der Waals surface area (Å²) in [4.78, 5) is 14.4. The predicted molar refractivity (Wildman–Crippen MR) is 70.3 cm³/mol. The zero-order chi connectivity index (χ0) is 12.3. The lowest BCUT2D eigenvalue weighted by Crippen LogP contribution is -2.49. The van der Waals surface area contributed by atoms with Gasteiger partial charge in [-0.3, -0.25) is 4.79 Å². The molecule has 4 nitrogen and oxygen atoms in total. The molecule has 0 aromatic rings. The molecule has 2 rings (SSSR count). The first kappa shape index (κ1) is 13.2. The molecule has 2 saturated heterocycles. The summed E-state index contributed by atoms with van der Waals surface area (Å²) in [6.07, 6.45) is 2.16. The SMILES string of the molecule is CCC1CN(C(=O)C2CC(OC)CN2)CCS1. The lowest BCUT2D eigenvalue weighted by atomic mass is 10.1. The number of carbonyl (C=O) groups is 1. The van der Waals surface area contributed by atoms with Crippen molar-refractivity contribution in [2.24, 2.45) is 0 Å². The zero-order valence-electron chi connectivity index (χ0n) is 10.6. The fraction of sp³-hybridized carbons (Fsp3) is 0.917. The van der Waals surface area contributed by atoms with Gasteiger partial charge in [0.2, 0.25) is 5.91 Å². The maximum Gasteiger partial charge on any atom is 0.239 e. The van der Waals surface area contributed by atoms with E-state index in [0.29, 0.717) is 5.25 Å². The van der Waals surface area contributed by atoms with Gasteiger partial charge in [-0.05, 0) is 12.8 Å². The molecule has 0 bridgehead atoms. The molecule has 2 heterocycles. The number of thioether (sulfide) groups is 1. The van der Waals surface area contributed by atoms with Gasteiger partial charge >= 0.3 is 0 Å². The number of nitrogens with one attached hydrogen (secondary N) is 1. The second-order valence-corrected chi connectivity index (χ2v) is 6.15. The molecule has 0 aromatic heterocycles. The van der Waals surface area contributed by atoms with Crippen molar-refractivity contribution in [3.8, 4) is 0 Å². The van der Waals surface area contributed by atoms with Gasteiger partial charge in [-0.25, -0.2) is 0 Å². The third-order valence-electron chi connectivity index (χ3n) is 3.63. The second kappa shape index (κ2) is 6.07. The molecule has 0 saturated carbocycles. The monoisotopic (exact) mass is 258 g/mol. The van der Waals surface area contributed by atoms with Gasteiger partial charge in [0.25, 0.3) is 0 Å². The minimum atomic E-state index is -0.0273. The van der Waals surface area contributed by atoms with E-state index in [2.05, 4.69) is 12.2 Å². The standard InChI is InChI=1S/C12H22N2O2S/c1-3-10-8-14(4-5-17-10)12(15)11-6-9(16-2)7-13-11/h9-11,13H,3-8H2,1-2H3. The van der Waals surface area contributed by atoms with Gasteiger partial charge in [0.15, 0.2) is 0 Å². The molecule has 1 amide bonds. The highest BCUT2D eigenvalue weighted by Crippen LogP contribution is 2.22. The van der Waals surface area contributed by atoms with Crippen LogP contribution >= 0.6 is 11.8 Å². The van der Waals surface area contributed by atoms with E-state index >= 15 is 0 Å². The van der Waals surface area contributed by atoms with Crippen LogP contribution in [0, 0.1) is 0 Å². The lowest BCUT2D eigenvalue weighted by Gasteiger charge is -2.33. The van der Waals surface area contributed by atoms with Gasteiger partial charge in [0.05, 0.1) is 12.1 Å². The van der Waals surface area contributed by atoms with Crippen LogP contribution in [0.3, 0.4) is 0 Å². The van der Waals surface area contributed by atoms with Gasteiger partial charge in [0.1, 0.15) is 0 Å². The van der Waals surface area contributed by atoms with Gasteiger partial charge in [-0.15, -0.1) is 0 Å². The zero-order valence-corrected chi connectivity index (χ0v) is 11.5. The van der Waals surface area contributed by atoms with Crippen molar-refractivity contribution in [1.29, 1.82) is 0 Å². The first-order valence-electron chi connectivity index (χ1n) is 6.41. The molecule has 2 fully saturated rings. The van der Waals surface area contributed by atoms with Crippen molar-refractivity contribution < 1.29 is 9.53 Å². The summed E-state index contributed by atoms with van der Waals surface area (Å²) in [5.74, 6) is 1.34. The van der Waals surface area contributed by atoms with Crippen molar-refractivity contribution in [1.82, 2.24) is 10.2 Å². The molecule has 3 atom stereocenters. The van der Waals surface area contributed by atoms with Crippen LogP contribution in [0.25, 0.3) is 0 Å². The van der Waals surface area contributed by atoms with Gasteiger partial charge < -0.3 is 15.0 Å². The number of hydrogen-bond donors (Lipinski definition) is 1. The van der Waals surface area contributed by atoms with Crippen molar-refractivity contribution in [3.05, 3.63) is 0 Å². The number of carbonyl (C=O) groups excluding carboxylic acids is 1. The van der Waals surface area contributed by atoms with Crippen molar-refractivity contribution in [2.75, 3.05) is 32.5 Å². The molecule has 2 aliphatic rings. The molecule has 0 spiro atoms. The second-order valence-electron chi connectivity index (χ2n) is 4.74. The molecule has 0 aromatic carbocycles. The average molecular weight is 258 g/mol. The Kier molecular flexibility index (Phi) is 4.70. The van der Waals surface area contributed by atoms with E-state index in [1.54, 1.807) is 7.11 Å². The number of amides is 1. The largest absolute Gasteiger partial charge is 0.380 e. The Morgan fingerprint density at radius 2 is 2.41 bits per heavy atom. The molecule has 2 aliphatic heterocycles. The van der Waals surface area contributed by atoms with E-state index in [4.69, 9.17) is 4.74 Å². The summed E-state index contributed by atoms with van der Waals surface area (Å²) in [6.45, 7) is 4.80. The molecule has 0 radical (unpaired) electrons. The Balaban J connectivity index is 1.87. The molecule has 5 heteroatoms. The molecule has 3 unspecified atom stereocenters. The van der Waals surface area contributed by atoms with Crippen LogP contribution in [0.4, 0.5) is 0 Å². The van der Waals surface area contributed by atoms with Crippen LogP contribution in [0.15, 0.2) is 0 Å². The average Bonchev–Trinajstić information content (AvgIpc) is 2.86. The van der Waals surface area contributed by atoms with Crippen LogP contribution in [0.2, 0.25) is 0 Å². The van der Waals surface area contributed by atoms with E-state index in [1.165, 1.54) is 0 Å². The highest BCUT2D eigenvalue weighted by molar-refractivity contribution is 8.00. The normalized spacial score (nSPS) is 34.0. The maximum atomic E-state index is 12.3. The van der Waals surface area contributed by atoms with Crippen LogP contribution in [0.5, 0.6) is 0 Å². The van der Waals surface area contributed by atoms with E-state index < -0.39 is 0 Å². The van der Waals surface area contributed by atoms with Crippen LogP contribution in [0.1, 0.15) is 19.8 Å². The molecule has 1 N–H and O–H groups in total. The topological polar surface area (TPSA) is 41.6 Å². The molecular formula is C12H22N2O2S. The van der Waals surface area contributed by atoms with Gasteiger partial charge in [-0.1, -0.05) is 6.92 Å². The number of hydrogen-bond acceptors (Lipinski definition) is 4. The minimum absolute atomic E-state index is 0.0273. The fourth-order valence-electron chi connectivity index (χ4n) is 2.46. The summed E-state index contributed by atoms with van der Waals surface area (Å²) in [5.41, 5.74) is 0. The number of methoxy groups -OCH3 is 1. The third-order valence-corrected chi connectivity index (χ3v) is 5.00. The Morgan fingerprint density at radius 3 is 3.06 bits per heavy atom. The van der Waals surface area contributed by atoms with E-state index in [-0.39, 0.29) is 18.1 Å². The Hall–Kier alpha value is -0.260. The summed E-state index contributed by atoms with van der Waals surface area (Å²) < 4.78 is 5.28. The smallest absolute Gasteiger partial charge is 0.239 e. The first-order valence-corrected chi connectivity index (χ1v) is 7.46. The molecule has 98 valence electrons. The first-order chi connectivity index (χ1) is 8.24. The number of rotatable bonds is 3. The van der Waals surface area contributed by atoms with Gasteiger partial charge in [0, 0.05) is 37.7 Å². The highest BCUT2D eigenvalue weighted by atomic mass is 32.2. The lowest BCUT2D eigenvalue weighted by molar-refractivity contribution is -0.133.